The Labute approximate surface area is 160 Å². The predicted molar refractivity (Wildman–Crippen MR) is 108 cm³/mol. The summed E-state index contributed by atoms with van der Waals surface area (Å²) >= 11 is 0. The van der Waals surface area contributed by atoms with Crippen LogP contribution in [-0.2, 0) is 9.47 Å². The minimum absolute atomic E-state index is 0.498. The van der Waals surface area contributed by atoms with Crippen LogP contribution in [-0.4, -0.2) is 75.5 Å². The number of likely N-dealkylation sites (tertiary alicyclic amines) is 1. The van der Waals surface area contributed by atoms with Crippen LogP contribution in [0.4, 0.5) is 0 Å². The smallest absolute Gasteiger partial charge is 0.191 e. The second kappa shape index (κ2) is 12.5. The molecule has 0 radical (unpaired) electrons. The van der Waals surface area contributed by atoms with Gasteiger partial charge in [0.15, 0.2) is 5.96 Å². The summed E-state index contributed by atoms with van der Waals surface area (Å²) in [6, 6.07) is 1.18. The molecule has 3 unspecified atom stereocenters. The summed E-state index contributed by atoms with van der Waals surface area (Å²) in [6.07, 6.45) is 6.15. The standard InChI is InChI=1S/C20H40N4O2/c1-4-21-20(22-10-7-12-25-15-19-9-13-26-16-19)23-14-18(3)24-11-6-5-8-17(24)2/h17-19H,4-16H2,1-3H3,(H2,21,22,23). The van der Waals surface area contributed by atoms with Crippen molar-refractivity contribution in [1.82, 2.24) is 15.5 Å². The van der Waals surface area contributed by atoms with Crippen molar-refractivity contribution in [3.05, 3.63) is 0 Å². The van der Waals surface area contributed by atoms with Crippen LogP contribution in [0.15, 0.2) is 4.99 Å². The zero-order valence-corrected chi connectivity index (χ0v) is 17.1. The number of piperidine rings is 1. The van der Waals surface area contributed by atoms with Crippen molar-refractivity contribution in [2.75, 3.05) is 52.6 Å². The lowest BCUT2D eigenvalue weighted by Crippen LogP contribution is -2.45. The van der Waals surface area contributed by atoms with E-state index in [9.17, 15) is 0 Å². The minimum Gasteiger partial charge on any atom is -0.381 e. The quantitative estimate of drug-likeness (QED) is 0.352. The SMILES string of the molecule is CCNC(=NCC(C)N1CCCCC1C)NCCCOCC1CCOC1. The predicted octanol–water partition coefficient (Wildman–Crippen LogP) is 2.25. The number of aliphatic imine (C=N–C) groups is 1. The second-order valence-corrected chi connectivity index (χ2v) is 7.74. The molecule has 6 heteroatoms. The first-order valence-corrected chi connectivity index (χ1v) is 10.6. The van der Waals surface area contributed by atoms with E-state index in [1.165, 1.54) is 25.8 Å². The molecule has 2 fully saturated rings. The summed E-state index contributed by atoms with van der Waals surface area (Å²) in [5, 5.41) is 6.79. The number of ether oxygens (including phenoxy) is 2. The lowest BCUT2D eigenvalue weighted by Gasteiger charge is -2.37. The van der Waals surface area contributed by atoms with Crippen molar-refractivity contribution in [2.24, 2.45) is 10.9 Å². The van der Waals surface area contributed by atoms with Gasteiger partial charge in [-0.1, -0.05) is 6.42 Å². The first-order valence-electron chi connectivity index (χ1n) is 10.6. The van der Waals surface area contributed by atoms with E-state index in [1.54, 1.807) is 0 Å². The second-order valence-electron chi connectivity index (χ2n) is 7.74. The van der Waals surface area contributed by atoms with Gasteiger partial charge in [0, 0.05) is 44.3 Å². The highest BCUT2D eigenvalue weighted by Crippen LogP contribution is 2.19. The van der Waals surface area contributed by atoms with Gasteiger partial charge in [0.05, 0.1) is 19.8 Å². The lowest BCUT2D eigenvalue weighted by molar-refractivity contribution is 0.0888. The van der Waals surface area contributed by atoms with Crippen LogP contribution in [0, 0.1) is 5.92 Å². The fraction of sp³-hybridized carbons (Fsp3) is 0.950. The van der Waals surface area contributed by atoms with Crippen molar-refractivity contribution in [2.45, 2.75) is 65.0 Å². The molecule has 0 amide bonds. The molecule has 2 aliphatic rings. The van der Waals surface area contributed by atoms with E-state index in [-0.39, 0.29) is 0 Å². The maximum atomic E-state index is 5.76. The highest BCUT2D eigenvalue weighted by atomic mass is 16.5. The highest BCUT2D eigenvalue weighted by molar-refractivity contribution is 5.79. The van der Waals surface area contributed by atoms with Gasteiger partial charge in [0.1, 0.15) is 0 Å². The third-order valence-corrected chi connectivity index (χ3v) is 5.41. The van der Waals surface area contributed by atoms with Crippen LogP contribution in [0.3, 0.4) is 0 Å². The van der Waals surface area contributed by atoms with Gasteiger partial charge in [-0.15, -0.1) is 0 Å². The average molecular weight is 369 g/mol. The van der Waals surface area contributed by atoms with E-state index in [0.29, 0.717) is 18.0 Å². The number of nitrogens with zero attached hydrogens (tertiary/aromatic N) is 2. The molecule has 152 valence electrons. The van der Waals surface area contributed by atoms with E-state index < -0.39 is 0 Å². The van der Waals surface area contributed by atoms with Gasteiger partial charge in [0.2, 0.25) is 0 Å². The molecule has 0 aromatic heterocycles. The maximum Gasteiger partial charge on any atom is 0.191 e. The van der Waals surface area contributed by atoms with Crippen LogP contribution in [0.1, 0.15) is 52.9 Å². The van der Waals surface area contributed by atoms with Gasteiger partial charge in [-0.3, -0.25) is 9.89 Å². The van der Waals surface area contributed by atoms with Crippen molar-refractivity contribution in [1.29, 1.82) is 0 Å². The van der Waals surface area contributed by atoms with Crippen LogP contribution < -0.4 is 10.6 Å². The topological polar surface area (TPSA) is 58.1 Å². The normalized spacial score (nSPS) is 26.0. The number of hydrogen-bond donors (Lipinski definition) is 2. The number of rotatable bonds is 10. The van der Waals surface area contributed by atoms with Crippen LogP contribution >= 0.6 is 0 Å². The Hall–Kier alpha value is -0.850. The molecule has 2 saturated heterocycles. The van der Waals surface area contributed by atoms with Gasteiger partial charge in [-0.05, 0) is 53.0 Å². The van der Waals surface area contributed by atoms with Crippen LogP contribution in [0.2, 0.25) is 0 Å². The van der Waals surface area contributed by atoms with Gasteiger partial charge in [0.25, 0.3) is 0 Å². The number of guanidine groups is 1. The summed E-state index contributed by atoms with van der Waals surface area (Å²) in [5.41, 5.74) is 0. The molecule has 0 saturated carbocycles. The zero-order chi connectivity index (χ0) is 18.6. The van der Waals surface area contributed by atoms with Crippen molar-refractivity contribution >= 4 is 5.96 Å². The molecular formula is C20H40N4O2. The molecule has 2 rings (SSSR count). The Balaban J connectivity index is 1.62. The average Bonchev–Trinajstić information content (AvgIpc) is 3.16. The molecule has 0 bridgehead atoms. The molecule has 6 nitrogen and oxygen atoms in total. The van der Waals surface area contributed by atoms with E-state index in [2.05, 4.69) is 36.3 Å². The summed E-state index contributed by atoms with van der Waals surface area (Å²) in [4.78, 5) is 7.41. The molecule has 3 atom stereocenters. The van der Waals surface area contributed by atoms with Gasteiger partial charge >= 0.3 is 0 Å². The first kappa shape index (κ1) is 21.5. The van der Waals surface area contributed by atoms with Gasteiger partial charge < -0.3 is 20.1 Å². The van der Waals surface area contributed by atoms with Crippen LogP contribution in [0.25, 0.3) is 0 Å². The van der Waals surface area contributed by atoms with E-state index in [4.69, 9.17) is 14.5 Å². The van der Waals surface area contributed by atoms with Crippen molar-refractivity contribution < 1.29 is 9.47 Å². The Morgan fingerprint density at radius 3 is 2.92 bits per heavy atom. The Morgan fingerprint density at radius 2 is 2.19 bits per heavy atom. The zero-order valence-electron chi connectivity index (χ0n) is 17.1. The van der Waals surface area contributed by atoms with Gasteiger partial charge in [-0.25, -0.2) is 0 Å². The first-order chi connectivity index (χ1) is 12.7. The van der Waals surface area contributed by atoms with E-state index in [0.717, 1.165) is 64.9 Å². The monoisotopic (exact) mass is 368 g/mol. The minimum atomic E-state index is 0.498. The third kappa shape index (κ3) is 7.80. The van der Waals surface area contributed by atoms with Gasteiger partial charge in [-0.2, -0.15) is 0 Å². The highest BCUT2D eigenvalue weighted by Gasteiger charge is 2.22. The van der Waals surface area contributed by atoms with Crippen molar-refractivity contribution in [3.8, 4) is 0 Å². The van der Waals surface area contributed by atoms with E-state index in [1.807, 2.05) is 0 Å². The third-order valence-electron chi connectivity index (χ3n) is 5.41. The number of nitrogens with one attached hydrogen (secondary N) is 2. The Bertz CT molecular complexity index is 399. The summed E-state index contributed by atoms with van der Waals surface area (Å²) in [5.74, 6) is 1.52. The maximum absolute atomic E-state index is 5.76. The molecule has 0 aromatic rings. The molecule has 2 aliphatic heterocycles. The van der Waals surface area contributed by atoms with Crippen molar-refractivity contribution in [3.63, 3.8) is 0 Å². The Kier molecular flexibility index (Phi) is 10.3. The Morgan fingerprint density at radius 1 is 1.31 bits per heavy atom. The summed E-state index contributed by atoms with van der Waals surface area (Å²) < 4.78 is 11.1. The summed E-state index contributed by atoms with van der Waals surface area (Å²) in [6.45, 7) is 14.0. The molecule has 0 aliphatic carbocycles. The largest absolute Gasteiger partial charge is 0.381 e. The fourth-order valence-electron chi connectivity index (χ4n) is 3.79. The number of hydrogen-bond acceptors (Lipinski definition) is 4. The molecule has 26 heavy (non-hydrogen) atoms. The molecular weight excluding hydrogens is 328 g/mol. The van der Waals surface area contributed by atoms with E-state index >= 15 is 0 Å². The molecule has 0 spiro atoms. The molecule has 0 aromatic carbocycles. The lowest BCUT2D eigenvalue weighted by atomic mass is 10.0. The molecule has 2 heterocycles. The molecule has 2 N–H and O–H groups in total. The summed E-state index contributed by atoms with van der Waals surface area (Å²) in [7, 11) is 0. The fourth-order valence-corrected chi connectivity index (χ4v) is 3.79. The van der Waals surface area contributed by atoms with Crippen LogP contribution in [0.5, 0.6) is 0 Å².